The first-order valence-electron chi connectivity index (χ1n) is 6.63. The Morgan fingerprint density at radius 2 is 2.20 bits per heavy atom. The van der Waals surface area contributed by atoms with Crippen molar-refractivity contribution in [2.75, 3.05) is 18.4 Å². The number of nitrogens with zero attached hydrogens (tertiary/aromatic N) is 1. The molecular weight excluding hydrogens is 258 g/mol. The molecule has 4 N–H and O–H groups in total. The van der Waals surface area contributed by atoms with Gasteiger partial charge in [-0.15, -0.1) is 0 Å². The smallest absolute Gasteiger partial charge is 0.337 e. The van der Waals surface area contributed by atoms with E-state index in [9.17, 15) is 14.7 Å². The number of anilines is 1. The predicted octanol–water partition coefficient (Wildman–Crippen LogP) is 1.65. The molecule has 1 aromatic carbocycles. The van der Waals surface area contributed by atoms with Crippen LogP contribution < -0.4 is 11.1 Å². The van der Waals surface area contributed by atoms with Crippen LogP contribution in [0.1, 0.15) is 28.8 Å². The van der Waals surface area contributed by atoms with Gasteiger partial charge in [0.25, 0.3) is 0 Å². The summed E-state index contributed by atoms with van der Waals surface area (Å²) in [6.07, 6.45) is 1.78. The molecule has 1 atom stereocenters. The maximum absolute atomic E-state index is 12.1. The lowest BCUT2D eigenvalue weighted by Crippen LogP contribution is -2.47. The molecular formula is C14H19N3O3. The molecule has 0 aliphatic carbocycles. The molecule has 0 saturated carbocycles. The predicted molar refractivity (Wildman–Crippen MR) is 75.9 cm³/mol. The van der Waals surface area contributed by atoms with Crippen LogP contribution in [0, 0.1) is 6.92 Å². The molecule has 0 radical (unpaired) electrons. The van der Waals surface area contributed by atoms with Crippen LogP contribution in [0.3, 0.4) is 0 Å². The summed E-state index contributed by atoms with van der Waals surface area (Å²) in [5, 5.41) is 11.8. The average molecular weight is 277 g/mol. The minimum absolute atomic E-state index is 0.00791. The van der Waals surface area contributed by atoms with Gasteiger partial charge in [0.05, 0.1) is 11.3 Å². The highest BCUT2D eigenvalue weighted by molar-refractivity contribution is 6.00. The van der Waals surface area contributed by atoms with E-state index in [4.69, 9.17) is 5.73 Å². The minimum atomic E-state index is -1.06. The number of carbonyl (C=O) groups excluding carboxylic acids is 1. The number of hydrogen-bond donors (Lipinski definition) is 3. The van der Waals surface area contributed by atoms with E-state index in [1.165, 1.54) is 0 Å². The molecule has 1 aliphatic rings. The summed E-state index contributed by atoms with van der Waals surface area (Å²) >= 11 is 0. The number of amides is 2. The number of likely N-dealkylation sites (tertiary alicyclic amines) is 1. The molecule has 6 nitrogen and oxygen atoms in total. The molecule has 108 valence electrons. The highest BCUT2D eigenvalue weighted by Gasteiger charge is 2.22. The lowest BCUT2D eigenvalue weighted by molar-refractivity contribution is 0.0698. The van der Waals surface area contributed by atoms with Gasteiger partial charge in [0.1, 0.15) is 0 Å². The molecule has 6 heteroatoms. The highest BCUT2D eigenvalue weighted by atomic mass is 16.4. The number of hydrogen-bond acceptors (Lipinski definition) is 3. The average Bonchev–Trinajstić information content (AvgIpc) is 2.40. The van der Waals surface area contributed by atoms with E-state index < -0.39 is 5.97 Å². The van der Waals surface area contributed by atoms with Crippen molar-refractivity contribution in [3.63, 3.8) is 0 Å². The zero-order valence-corrected chi connectivity index (χ0v) is 11.4. The lowest BCUT2D eigenvalue weighted by Gasteiger charge is -2.30. The van der Waals surface area contributed by atoms with E-state index in [-0.39, 0.29) is 17.6 Å². The second kappa shape index (κ2) is 5.92. The number of carboxylic acid groups (broad SMARTS) is 1. The summed E-state index contributed by atoms with van der Waals surface area (Å²) in [5.74, 6) is -1.06. The van der Waals surface area contributed by atoms with Gasteiger partial charge in [-0.25, -0.2) is 9.59 Å². The second-order valence-corrected chi connectivity index (χ2v) is 5.13. The molecule has 1 unspecified atom stereocenters. The first-order chi connectivity index (χ1) is 9.47. The second-order valence-electron chi connectivity index (χ2n) is 5.13. The SMILES string of the molecule is Cc1ccc(NC(=O)N2CCCC(N)C2)c(C(=O)O)c1. The van der Waals surface area contributed by atoms with Gasteiger partial charge in [-0.1, -0.05) is 11.6 Å². The van der Waals surface area contributed by atoms with Crippen molar-refractivity contribution in [3.8, 4) is 0 Å². The number of nitrogens with two attached hydrogens (primary N) is 1. The van der Waals surface area contributed by atoms with Gasteiger partial charge in [-0.3, -0.25) is 0 Å². The van der Waals surface area contributed by atoms with Gasteiger partial charge in [0, 0.05) is 19.1 Å². The summed E-state index contributed by atoms with van der Waals surface area (Å²) in [4.78, 5) is 25.0. The number of carbonyl (C=O) groups is 2. The van der Waals surface area contributed by atoms with Crippen LogP contribution in [0.15, 0.2) is 18.2 Å². The van der Waals surface area contributed by atoms with Crippen LogP contribution in [0.2, 0.25) is 0 Å². The molecule has 1 aliphatic heterocycles. The third-order valence-electron chi connectivity index (χ3n) is 3.39. The third-order valence-corrected chi connectivity index (χ3v) is 3.39. The fraction of sp³-hybridized carbons (Fsp3) is 0.429. The van der Waals surface area contributed by atoms with Crippen molar-refractivity contribution < 1.29 is 14.7 Å². The van der Waals surface area contributed by atoms with Crippen molar-refractivity contribution in [3.05, 3.63) is 29.3 Å². The van der Waals surface area contributed by atoms with Gasteiger partial charge in [0.2, 0.25) is 0 Å². The summed E-state index contributed by atoms with van der Waals surface area (Å²) in [7, 11) is 0. The maximum atomic E-state index is 12.1. The van der Waals surface area contributed by atoms with Crippen molar-refractivity contribution in [2.45, 2.75) is 25.8 Å². The first kappa shape index (κ1) is 14.3. The topological polar surface area (TPSA) is 95.7 Å². The molecule has 1 aromatic rings. The Morgan fingerprint density at radius 3 is 2.85 bits per heavy atom. The molecule has 0 bridgehead atoms. The van der Waals surface area contributed by atoms with Crippen LogP contribution in [-0.2, 0) is 0 Å². The number of rotatable bonds is 2. The largest absolute Gasteiger partial charge is 0.478 e. The fourth-order valence-electron chi connectivity index (χ4n) is 2.33. The monoisotopic (exact) mass is 277 g/mol. The highest BCUT2D eigenvalue weighted by Crippen LogP contribution is 2.19. The number of aryl methyl sites for hydroxylation is 1. The summed E-state index contributed by atoms with van der Waals surface area (Å²) < 4.78 is 0. The molecule has 1 heterocycles. The number of carboxylic acids is 1. The van der Waals surface area contributed by atoms with Crippen LogP contribution in [0.4, 0.5) is 10.5 Å². The Hall–Kier alpha value is -2.08. The van der Waals surface area contributed by atoms with E-state index in [1.54, 1.807) is 23.1 Å². The minimum Gasteiger partial charge on any atom is -0.478 e. The van der Waals surface area contributed by atoms with Crippen LogP contribution >= 0.6 is 0 Å². The number of nitrogens with one attached hydrogen (secondary N) is 1. The van der Waals surface area contributed by atoms with E-state index in [2.05, 4.69) is 5.32 Å². The molecule has 0 aromatic heterocycles. The van der Waals surface area contributed by atoms with Gasteiger partial charge >= 0.3 is 12.0 Å². The standard InChI is InChI=1S/C14H19N3O3/c1-9-4-5-12(11(7-9)13(18)19)16-14(20)17-6-2-3-10(15)8-17/h4-5,7,10H,2-3,6,8,15H2,1H3,(H,16,20)(H,18,19). The van der Waals surface area contributed by atoms with Gasteiger partial charge < -0.3 is 21.1 Å². The Morgan fingerprint density at radius 1 is 1.45 bits per heavy atom. The maximum Gasteiger partial charge on any atom is 0.337 e. The lowest BCUT2D eigenvalue weighted by atomic mass is 10.1. The van der Waals surface area contributed by atoms with Crippen LogP contribution in [0.25, 0.3) is 0 Å². The summed E-state index contributed by atoms with van der Waals surface area (Å²) in [5.41, 5.74) is 7.08. The van der Waals surface area contributed by atoms with Gasteiger partial charge in [-0.05, 0) is 31.9 Å². The van der Waals surface area contributed by atoms with E-state index in [1.807, 2.05) is 6.92 Å². The van der Waals surface area contributed by atoms with Crippen molar-refractivity contribution >= 4 is 17.7 Å². The zero-order chi connectivity index (χ0) is 14.7. The molecule has 0 spiro atoms. The Labute approximate surface area is 117 Å². The third kappa shape index (κ3) is 3.27. The molecule has 1 fully saturated rings. The summed E-state index contributed by atoms with van der Waals surface area (Å²) in [6, 6.07) is 4.61. The van der Waals surface area contributed by atoms with Gasteiger partial charge in [0.15, 0.2) is 0 Å². The van der Waals surface area contributed by atoms with Crippen LogP contribution in [-0.4, -0.2) is 41.1 Å². The number of benzene rings is 1. The van der Waals surface area contributed by atoms with Crippen molar-refractivity contribution in [1.82, 2.24) is 4.90 Å². The number of urea groups is 1. The molecule has 20 heavy (non-hydrogen) atoms. The molecule has 2 rings (SSSR count). The van der Waals surface area contributed by atoms with Crippen LogP contribution in [0.5, 0.6) is 0 Å². The Balaban J connectivity index is 2.13. The van der Waals surface area contributed by atoms with E-state index in [0.717, 1.165) is 18.4 Å². The van der Waals surface area contributed by atoms with Gasteiger partial charge in [-0.2, -0.15) is 0 Å². The van der Waals surface area contributed by atoms with Crippen molar-refractivity contribution in [2.24, 2.45) is 5.73 Å². The van der Waals surface area contributed by atoms with E-state index >= 15 is 0 Å². The Kier molecular flexibility index (Phi) is 4.24. The number of piperidine rings is 1. The quantitative estimate of drug-likeness (QED) is 0.765. The zero-order valence-electron chi connectivity index (χ0n) is 11.4. The molecule has 2 amide bonds. The fourth-order valence-corrected chi connectivity index (χ4v) is 2.33. The first-order valence-corrected chi connectivity index (χ1v) is 6.63. The van der Waals surface area contributed by atoms with Crippen molar-refractivity contribution in [1.29, 1.82) is 0 Å². The number of aromatic carboxylic acids is 1. The normalized spacial score (nSPS) is 18.7. The Bertz CT molecular complexity index is 530. The summed E-state index contributed by atoms with van der Waals surface area (Å²) in [6.45, 7) is 2.95. The molecule has 1 saturated heterocycles. The van der Waals surface area contributed by atoms with E-state index in [0.29, 0.717) is 18.8 Å².